The number of pyridine rings is 1. The molecule has 2 aromatic heterocycles. The summed E-state index contributed by atoms with van der Waals surface area (Å²) in [5.41, 5.74) is 10.8. The quantitative estimate of drug-likeness (QED) is 0.603. The average Bonchev–Trinajstić information content (AvgIpc) is 3.21. The van der Waals surface area contributed by atoms with E-state index in [1.165, 1.54) is 0 Å². The fourth-order valence-electron chi connectivity index (χ4n) is 5.30. The number of carbonyl (C=O) groups is 1. The van der Waals surface area contributed by atoms with Gasteiger partial charge in [0.25, 0.3) is 0 Å². The number of primary amides is 1. The van der Waals surface area contributed by atoms with Gasteiger partial charge in [-0.05, 0) is 42.4 Å². The molecule has 0 aliphatic carbocycles. The third-order valence-electron chi connectivity index (χ3n) is 7.43. The number of aliphatic hydroxyl groups excluding tert-OH is 1. The molecule has 5 rings (SSSR count). The van der Waals surface area contributed by atoms with Crippen molar-refractivity contribution in [2.45, 2.75) is 46.6 Å². The normalized spacial score (nSPS) is 17.9. The summed E-state index contributed by atoms with van der Waals surface area (Å²) in [6, 6.07) is 10.5. The third-order valence-corrected chi connectivity index (χ3v) is 7.43. The van der Waals surface area contributed by atoms with Crippen molar-refractivity contribution >= 4 is 28.4 Å². The summed E-state index contributed by atoms with van der Waals surface area (Å²) in [7, 11) is 0. The van der Waals surface area contributed by atoms with Crippen molar-refractivity contribution in [2.24, 2.45) is 11.1 Å². The first-order valence-corrected chi connectivity index (χ1v) is 11.7. The van der Waals surface area contributed by atoms with Gasteiger partial charge in [0.1, 0.15) is 11.9 Å². The second-order valence-corrected chi connectivity index (χ2v) is 9.73. The van der Waals surface area contributed by atoms with Crippen LogP contribution in [0.4, 0.5) is 5.82 Å². The highest BCUT2D eigenvalue weighted by molar-refractivity contribution is 5.86. The third kappa shape index (κ3) is 3.99. The maximum atomic E-state index is 11.4. The molecule has 0 unspecified atom stereocenters. The van der Waals surface area contributed by atoms with Crippen LogP contribution in [0.1, 0.15) is 50.3 Å². The number of piperidine rings is 1. The molecule has 3 aromatic rings. The summed E-state index contributed by atoms with van der Waals surface area (Å²) in [5.74, 6) is 0.797. The Labute approximate surface area is 200 Å². The van der Waals surface area contributed by atoms with Crippen LogP contribution in [0.25, 0.3) is 16.7 Å². The zero-order valence-corrected chi connectivity index (χ0v) is 19.0. The molecule has 2 aliphatic heterocycles. The molecule has 1 amide bonds. The SMILES string of the molecule is C.CC1(CO)CCN(c2c3c(c(C#N)c4nc5ccccc5n24)CCN(CCC(N)=O)C3)CC1. The minimum Gasteiger partial charge on any atom is -0.396 e. The van der Waals surface area contributed by atoms with Crippen LogP contribution in [0.15, 0.2) is 24.3 Å². The van der Waals surface area contributed by atoms with Crippen LogP contribution >= 0.6 is 0 Å². The van der Waals surface area contributed by atoms with Crippen molar-refractivity contribution in [3.63, 3.8) is 0 Å². The highest BCUT2D eigenvalue weighted by atomic mass is 16.3. The molecule has 8 heteroatoms. The zero-order chi connectivity index (χ0) is 23.2. The molecule has 8 nitrogen and oxygen atoms in total. The van der Waals surface area contributed by atoms with Crippen LogP contribution in [0.2, 0.25) is 0 Å². The molecule has 0 bridgehead atoms. The number of benzene rings is 1. The number of hydrogen-bond acceptors (Lipinski definition) is 6. The van der Waals surface area contributed by atoms with Crippen molar-refractivity contribution in [3.8, 4) is 6.07 Å². The fourth-order valence-corrected chi connectivity index (χ4v) is 5.30. The number of para-hydroxylation sites is 2. The lowest BCUT2D eigenvalue weighted by Gasteiger charge is -2.41. The summed E-state index contributed by atoms with van der Waals surface area (Å²) < 4.78 is 2.16. The lowest BCUT2D eigenvalue weighted by molar-refractivity contribution is -0.118. The lowest BCUT2D eigenvalue weighted by Crippen LogP contribution is -2.43. The number of rotatable bonds is 5. The zero-order valence-electron chi connectivity index (χ0n) is 19.0. The number of nitrogens with zero attached hydrogens (tertiary/aromatic N) is 5. The molecule has 2 aliphatic rings. The molecule has 0 radical (unpaired) electrons. The van der Waals surface area contributed by atoms with Crippen molar-refractivity contribution in [1.82, 2.24) is 14.3 Å². The monoisotopic (exact) mass is 462 g/mol. The topological polar surface area (TPSA) is 111 Å². The van der Waals surface area contributed by atoms with Crippen LogP contribution in [0.5, 0.6) is 0 Å². The smallest absolute Gasteiger partial charge is 0.218 e. The van der Waals surface area contributed by atoms with Crippen LogP contribution < -0.4 is 10.6 Å². The molecule has 0 spiro atoms. The van der Waals surface area contributed by atoms with Crippen molar-refractivity contribution in [2.75, 3.05) is 37.7 Å². The fraction of sp³-hybridized carbons (Fsp3) is 0.500. The minimum atomic E-state index is -0.297. The first-order valence-electron chi connectivity index (χ1n) is 11.7. The summed E-state index contributed by atoms with van der Waals surface area (Å²) in [6.07, 6.45) is 2.87. The van der Waals surface area contributed by atoms with Gasteiger partial charge in [-0.2, -0.15) is 5.26 Å². The molecule has 4 heterocycles. The van der Waals surface area contributed by atoms with Crippen LogP contribution in [0.3, 0.4) is 0 Å². The van der Waals surface area contributed by atoms with E-state index in [9.17, 15) is 15.2 Å². The maximum absolute atomic E-state index is 11.4. The second kappa shape index (κ2) is 9.24. The molecule has 3 N–H and O–H groups in total. The summed E-state index contributed by atoms with van der Waals surface area (Å²) in [5, 5.41) is 20.0. The number of carbonyl (C=O) groups excluding carboxylic acids is 1. The molecule has 34 heavy (non-hydrogen) atoms. The van der Waals surface area contributed by atoms with E-state index in [4.69, 9.17) is 10.7 Å². The predicted molar refractivity (Wildman–Crippen MR) is 134 cm³/mol. The van der Waals surface area contributed by atoms with Crippen LogP contribution in [-0.4, -0.2) is 58.1 Å². The van der Waals surface area contributed by atoms with Crippen LogP contribution in [0, 0.1) is 16.7 Å². The van der Waals surface area contributed by atoms with Crippen molar-refractivity contribution in [1.29, 1.82) is 5.26 Å². The number of nitrogens with two attached hydrogens (primary N) is 1. The highest BCUT2D eigenvalue weighted by Gasteiger charge is 2.34. The van der Waals surface area contributed by atoms with Crippen molar-refractivity contribution < 1.29 is 9.90 Å². The van der Waals surface area contributed by atoms with Gasteiger partial charge in [0, 0.05) is 51.3 Å². The second-order valence-electron chi connectivity index (χ2n) is 9.73. The van der Waals surface area contributed by atoms with Gasteiger partial charge in [-0.1, -0.05) is 26.5 Å². The van der Waals surface area contributed by atoms with E-state index in [1.54, 1.807) is 0 Å². The standard InChI is InChI=1S/C25H30N6O2.CH4/c1-25(16-32)8-12-30(13-9-25)24-19-15-29(11-7-22(27)33)10-6-17(19)18(14-26)23-28-20-4-2-3-5-21(20)31(23)24;/h2-5,32H,6-13,15-16H2,1H3,(H2,27,33);1H4. The molecular weight excluding hydrogens is 428 g/mol. The number of anilines is 1. The Bertz CT molecular complexity index is 1270. The molecule has 1 saturated heterocycles. The predicted octanol–water partition coefficient (Wildman–Crippen LogP) is 2.83. The molecule has 1 fully saturated rings. The van der Waals surface area contributed by atoms with E-state index in [0.29, 0.717) is 30.7 Å². The van der Waals surface area contributed by atoms with E-state index in [0.717, 1.165) is 66.9 Å². The van der Waals surface area contributed by atoms with Gasteiger partial charge in [-0.3, -0.25) is 14.1 Å². The molecule has 1 aromatic carbocycles. The summed E-state index contributed by atoms with van der Waals surface area (Å²) in [4.78, 5) is 20.9. The van der Waals surface area contributed by atoms with E-state index >= 15 is 0 Å². The van der Waals surface area contributed by atoms with Gasteiger partial charge < -0.3 is 15.7 Å². The number of aliphatic hydroxyl groups is 1. The largest absolute Gasteiger partial charge is 0.396 e. The Kier molecular flexibility index (Phi) is 6.52. The van der Waals surface area contributed by atoms with E-state index < -0.39 is 0 Å². The van der Waals surface area contributed by atoms with Gasteiger partial charge in [0.05, 0.1) is 16.6 Å². The van der Waals surface area contributed by atoms with E-state index in [-0.39, 0.29) is 25.4 Å². The number of hydrogen-bond donors (Lipinski definition) is 2. The van der Waals surface area contributed by atoms with Gasteiger partial charge in [0.15, 0.2) is 5.65 Å². The van der Waals surface area contributed by atoms with Gasteiger partial charge in [0.2, 0.25) is 5.91 Å². The molecular formula is C26H34N6O2. The van der Waals surface area contributed by atoms with Gasteiger partial charge in [-0.15, -0.1) is 0 Å². The number of nitriles is 1. The number of amides is 1. The Morgan fingerprint density at radius 3 is 2.65 bits per heavy atom. The van der Waals surface area contributed by atoms with E-state index in [2.05, 4.69) is 33.3 Å². The number of fused-ring (bicyclic) bond motifs is 4. The van der Waals surface area contributed by atoms with Crippen molar-refractivity contribution in [3.05, 3.63) is 41.0 Å². The first-order chi connectivity index (χ1) is 15.9. The summed E-state index contributed by atoms with van der Waals surface area (Å²) in [6.45, 7) is 6.07. The number of imidazole rings is 1. The van der Waals surface area contributed by atoms with Gasteiger partial charge >= 0.3 is 0 Å². The first kappa shape index (κ1) is 24.0. The number of aromatic nitrogens is 2. The molecule has 0 saturated carbocycles. The summed E-state index contributed by atoms with van der Waals surface area (Å²) >= 11 is 0. The Balaban J connectivity index is 0.00000274. The van der Waals surface area contributed by atoms with Crippen LogP contribution in [-0.2, 0) is 17.8 Å². The average molecular weight is 463 g/mol. The van der Waals surface area contributed by atoms with E-state index in [1.807, 2.05) is 18.2 Å². The Hall–Kier alpha value is -3.15. The van der Waals surface area contributed by atoms with Gasteiger partial charge in [-0.25, -0.2) is 4.98 Å². The Morgan fingerprint density at radius 1 is 1.24 bits per heavy atom. The molecule has 180 valence electrons. The minimum absolute atomic E-state index is 0. The molecule has 0 atom stereocenters. The Morgan fingerprint density at radius 2 is 1.97 bits per heavy atom. The maximum Gasteiger partial charge on any atom is 0.218 e. The highest BCUT2D eigenvalue weighted by Crippen LogP contribution is 2.39. The lowest BCUT2D eigenvalue weighted by atomic mass is 9.81.